The number of primary amides is 1. The molecule has 4 atom stereocenters. The molecule has 0 aliphatic carbocycles. The average molecular weight is 667 g/mol. The standard InChI is InChI=1S/C36H70N6O5/c1-6-8-9-10-11-12-13-14-15-16-17-18-19-23-31(43)41-30(25-27(3)4)35(46)42-33(28(5)7-2)36(47)39-26-32(44)40-29(34(38)45)22-20-21-24-37/h27-30,33H,6-26,37H2,1-5H3,(H2,38,45)(H,39,47)(H,40,44)(H,41,43)(H,42,46)/t28-,29-,30-,33-/m0/s1. The Morgan fingerprint density at radius 2 is 1.15 bits per heavy atom. The van der Waals surface area contributed by atoms with Crippen molar-refractivity contribution >= 4 is 29.5 Å². The molecule has 0 aromatic rings. The Bertz CT molecular complexity index is 884. The predicted octanol–water partition coefficient (Wildman–Crippen LogP) is 4.74. The van der Waals surface area contributed by atoms with E-state index in [1.54, 1.807) is 0 Å². The monoisotopic (exact) mass is 667 g/mol. The number of hydrogen-bond acceptors (Lipinski definition) is 6. The molecule has 0 saturated heterocycles. The molecular weight excluding hydrogens is 596 g/mol. The van der Waals surface area contributed by atoms with Crippen molar-refractivity contribution in [1.29, 1.82) is 0 Å². The molecule has 274 valence electrons. The fourth-order valence-corrected chi connectivity index (χ4v) is 5.53. The van der Waals surface area contributed by atoms with Crippen molar-refractivity contribution in [1.82, 2.24) is 21.3 Å². The molecule has 0 spiro atoms. The molecule has 11 nitrogen and oxygen atoms in total. The lowest BCUT2D eigenvalue weighted by atomic mass is 9.96. The van der Waals surface area contributed by atoms with Gasteiger partial charge in [0.2, 0.25) is 29.5 Å². The van der Waals surface area contributed by atoms with E-state index in [-0.39, 0.29) is 24.3 Å². The maximum Gasteiger partial charge on any atom is 0.243 e. The molecule has 0 aromatic heterocycles. The topological polar surface area (TPSA) is 186 Å². The van der Waals surface area contributed by atoms with E-state index in [9.17, 15) is 24.0 Å². The van der Waals surface area contributed by atoms with Gasteiger partial charge in [0.25, 0.3) is 0 Å². The van der Waals surface area contributed by atoms with Crippen LogP contribution in [0.3, 0.4) is 0 Å². The van der Waals surface area contributed by atoms with Crippen molar-refractivity contribution in [3.8, 4) is 0 Å². The highest BCUT2D eigenvalue weighted by Gasteiger charge is 2.30. The molecule has 0 fully saturated rings. The van der Waals surface area contributed by atoms with Crippen LogP contribution in [0.25, 0.3) is 0 Å². The maximum absolute atomic E-state index is 13.4. The molecule has 0 bridgehead atoms. The highest BCUT2D eigenvalue weighted by Crippen LogP contribution is 2.14. The number of hydrogen-bond donors (Lipinski definition) is 6. The zero-order chi connectivity index (χ0) is 35.5. The molecule has 5 amide bonds. The lowest BCUT2D eigenvalue weighted by molar-refractivity contribution is -0.134. The van der Waals surface area contributed by atoms with Gasteiger partial charge in [-0.3, -0.25) is 24.0 Å². The van der Waals surface area contributed by atoms with Gasteiger partial charge in [-0.05, 0) is 50.5 Å². The van der Waals surface area contributed by atoms with Crippen molar-refractivity contribution in [2.24, 2.45) is 23.3 Å². The van der Waals surface area contributed by atoms with Crippen LogP contribution in [0.5, 0.6) is 0 Å². The summed E-state index contributed by atoms with van der Waals surface area (Å²) in [7, 11) is 0. The highest BCUT2D eigenvalue weighted by molar-refractivity contribution is 5.94. The SMILES string of the molecule is CCCCCCCCCCCCCCCC(=O)N[C@@H](CC(C)C)C(=O)N[C@H](C(=O)NCC(=O)N[C@@H](CCCCN)C(N)=O)[C@@H](C)CC. The summed E-state index contributed by atoms with van der Waals surface area (Å²) in [6.45, 7) is 10.1. The molecule has 0 aliphatic rings. The van der Waals surface area contributed by atoms with E-state index in [1.807, 2.05) is 27.7 Å². The molecule has 0 saturated carbocycles. The van der Waals surface area contributed by atoms with Gasteiger partial charge in [0.1, 0.15) is 18.1 Å². The lowest BCUT2D eigenvalue weighted by Gasteiger charge is -2.27. The third kappa shape index (κ3) is 23.3. The molecular formula is C36H70N6O5. The molecule has 0 rings (SSSR count). The quantitative estimate of drug-likeness (QED) is 0.0601. The lowest BCUT2D eigenvalue weighted by Crippen LogP contribution is -2.57. The van der Waals surface area contributed by atoms with Crippen LogP contribution in [0.2, 0.25) is 0 Å². The molecule has 0 radical (unpaired) electrons. The first-order valence-electron chi connectivity index (χ1n) is 18.6. The molecule has 47 heavy (non-hydrogen) atoms. The third-order valence-corrected chi connectivity index (χ3v) is 8.71. The third-order valence-electron chi connectivity index (χ3n) is 8.71. The number of amides is 5. The maximum atomic E-state index is 13.4. The first kappa shape index (κ1) is 44.3. The Hall–Kier alpha value is -2.69. The van der Waals surface area contributed by atoms with Crippen molar-refractivity contribution in [2.45, 2.75) is 175 Å². The van der Waals surface area contributed by atoms with Crippen molar-refractivity contribution in [2.75, 3.05) is 13.1 Å². The summed E-state index contributed by atoms with van der Waals surface area (Å²) in [6, 6.07) is -2.52. The van der Waals surface area contributed by atoms with Crippen molar-refractivity contribution < 1.29 is 24.0 Å². The van der Waals surface area contributed by atoms with Crippen LogP contribution in [0.4, 0.5) is 0 Å². The number of carbonyl (C=O) groups is 5. The molecule has 0 aromatic carbocycles. The Morgan fingerprint density at radius 3 is 1.64 bits per heavy atom. The summed E-state index contributed by atoms with van der Waals surface area (Å²) >= 11 is 0. The molecule has 0 heterocycles. The second-order valence-electron chi connectivity index (χ2n) is 13.6. The first-order valence-corrected chi connectivity index (χ1v) is 18.6. The van der Waals surface area contributed by atoms with Gasteiger partial charge in [-0.2, -0.15) is 0 Å². The normalized spacial score (nSPS) is 13.8. The Labute approximate surface area is 285 Å². The Kier molecular flexibility index (Phi) is 26.7. The van der Waals surface area contributed by atoms with E-state index in [2.05, 4.69) is 28.2 Å². The highest BCUT2D eigenvalue weighted by atomic mass is 16.2. The number of unbranched alkanes of at least 4 members (excludes halogenated alkanes) is 13. The minimum absolute atomic E-state index is 0.144. The number of nitrogens with one attached hydrogen (secondary N) is 4. The van der Waals surface area contributed by atoms with Gasteiger partial charge in [-0.15, -0.1) is 0 Å². The van der Waals surface area contributed by atoms with E-state index < -0.39 is 41.8 Å². The summed E-state index contributed by atoms with van der Waals surface area (Å²) in [5.74, 6) is -2.38. The molecule has 0 aliphatic heterocycles. The summed E-state index contributed by atoms with van der Waals surface area (Å²) in [4.78, 5) is 63.5. The van der Waals surface area contributed by atoms with E-state index in [1.165, 1.54) is 64.2 Å². The molecule has 11 heteroatoms. The smallest absolute Gasteiger partial charge is 0.243 e. The van der Waals surface area contributed by atoms with Crippen LogP contribution >= 0.6 is 0 Å². The minimum atomic E-state index is -0.899. The van der Waals surface area contributed by atoms with Crippen LogP contribution in [0, 0.1) is 11.8 Å². The summed E-state index contributed by atoms with van der Waals surface area (Å²) in [5.41, 5.74) is 10.9. The van der Waals surface area contributed by atoms with Gasteiger partial charge >= 0.3 is 0 Å². The van der Waals surface area contributed by atoms with Gasteiger partial charge in [-0.1, -0.05) is 118 Å². The van der Waals surface area contributed by atoms with Gasteiger partial charge in [0.05, 0.1) is 6.54 Å². The van der Waals surface area contributed by atoms with Crippen LogP contribution in [-0.2, 0) is 24.0 Å². The van der Waals surface area contributed by atoms with Crippen LogP contribution in [0.15, 0.2) is 0 Å². The summed E-state index contributed by atoms with van der Waals surface area (Å²) in [6.07, 6.45) is 19.1. The second-order valence-corrected chi connectivity index (χ2v) is 13.6. The van der Waals surface area contributed by atoms with E-state index >= 15 is 0 Å². The first-order chi connectivity index (χ1) is 22.5. The largest absolute Gasteiger partial charge is 0.368 e. The van der Waals surface area contributed by atoms with Crippen LogP contribution < -0.4 is 32.7 Å². The van der Waals surface area contributed by atoms with E-state index in [0.717, 1.165) is 19.3 Å². The predicted molar refractivity (Wildman–Crippen MR) is 190 cm³/mol. The van der Waals surface area contributed by atoms with Crippen molar-refractivity contribution in [3.05, 3.63) is 0 Å². The second kappa shape index (κ2) is 28.3. The van der Waals surface area contributed by atoms with E-state index in [4.69, 9.17) is 11.5 Å². The van der Waals surface area contributed by atoms with Crippen LogP contribution in [0.1, 0.15) is 157 Å². The fraction of sp³-hybridized carbons (Fsp3) is 0.861. The van der Waals surface area contributed by atoms with Gasteiger partial charge < -0.3 is 32.7 Å². The zero-order valence-electron chi connectivity index (χ0n) is 30.4. The number of nitrogens with two attached hydrogens (primary N) is 2. The minimum Gasteiger partial charge on any atom is -0.368 e. The van der Waals surface area contributed by atoms with Crippen LogP contribution in [-0.4, -0.2) is 60.8 Å². The van der Waals surface area contributed by atoms with Gasteiger partial charge in [0, 0.05) is 6.42 Å². The summed E-state index contributed by atoms with van der Waals surface area (Å²) < 4.78 is 0. The van der Waals surface area contributed by atoms with E-state index in [0.29, 0.717) is 45.1 Å². The molecule has 8 N–H and O–H groups in total. The molecule has 0 unspecified atom stereocenters. The van der Waals surface area contributed by atoms with Crippen molar-refractivity contribution in [3.63, 3.8) is 0 Å². The Morgan fingerprint density at radius 1 is 0.617 bits per heavy atom. The van der Waals surface area contributed by atoms with Gasteiger partial charge in [-0.25, -0.2) is 0 Å². The average Bonchev–Trinajstić information content (AvgIpc) is 3.03. The number of carbonyl (C=O) groups excluding carboxylic acids is 5. The zero-order valence-corrected chi connectivity index (χ0v) is 30.4. The fourth-order valence-electron chi connectivity index (χ4n) is 5.53. The Balaban J connectivity index is 4.77. The van der Waals surface area contributed by atoms with Gasteiger partial charge in [0.15, 0.2) is 0 Å². The summed E-state index contributed by atoms with van der Waals surface area (Å²) in [5, 5.41) is 10.9. The number of rotatable bonds is 30.